The van der Waals surface area contributed by atoms with Crippen molar-refractivity contribution in [2.75, 3.05) is 19.3 Å². The van der Waals surface area contributed by atoms with E-state index < -0.39 is 5.97 Å². The number of carboxylic acid groups (broad SMARTS) is 1. The van der Waals surface area contributed by atoms with Crippen LogP contribution >= 0.6 is 28.7 Å². The molecule has 18 heavy (non-hydrogen) atoms. The highest BCUT2D eigenvalue weighted by Crippen LogP contribution is 2.11. The Balaban J connectivity index is 0.00000289. The molecular weight excluding hydrogens is 320 g/mol. The lowest BCUT2D eigenvalue weighted by molar-refractivity contribution is -0.129. The van der Waals surface area contributed by atoms with Crippen LogP contribution in [-0.4, -0.2) is 46.2 Å². The van der Waals surface area contributed by atoms with Gasteiger partial charge in [-0.2, -0.15) is 11.8 Å². The molecule has 0 saturated carbocycles. The molecule has 1 aromatic heterocycles. The lowest BCUT2D eigenvalue weighted by atomic mass is 10.4. The number of aryl methyl sites for hydroxylation is 1. The molecule has 1 rings (SSSR count). The van der Waals surface area contributed by atoms with Crippen LogP contribution in [0.25, 0.3) is 0 Å². The van der Waals surface area contributed by atoms with Gasteiger partial charge < -0.3 is 15.4 Å². The summed E-state index contributed by atoms with van der Waals surface area (Å²) < 4.78 is 0. The van der Waals surface area contributed by atoms with Gasteiger partial charge in [0.1, 0.15) is 0 Å². The molecule has 0 aliphatic rings. The van der Waals surface area contributed by atoms with E-state index in [0.29, 0.717) is 6.54 Å². The van der Waals surface area contributed by atoms with Crippen LogP contribution in [0.1, 0.15) is 11.4 Å². The summed E-state index contributed by atoms with van der Waals surface area (Å²) in [7, 11) is 1.55. The number of aliphatic carboxylic acids is 1. The molecule has 0 atom stereocenters. The number of aromatic amines is 1. The first-order valence-electron chi connectivity index (χ1n) is 5.17. The molecule has 3 N–H and O–H groups in total. The van der Waals surface area contributed by atoms with Gasteiger partial charge in [-0.1, -0.05) is 0 Å². The largest absolute Gasteiger partial charge is 0.475 e. The summed E-state index contributed by atoms with van der Waals surface area (Å²) in [4.78, 5) is 21.7. The van der Waals surface area contributed by atoms with Crippen molar-refractivity contribution in [1.29, 1.82) is 0 Å². The van der Waals surface area contributed by atoms with E-state index in [0.717, 1.165) is 22.9 Å². The zero-order valence-electron chi connectivity index (χ0n) is 10.3. The normalized spacial score (nSPS) is 10.9. The number of carbonyl (C=O) groups is 1. The monoisotopic (exact) mass is 336 g/mol. The number of carboxylic acids is 1. The van der Waals surface area contributed by atoms with Crippen LogP contribution in [0, 0.1) is 6.92 Å². The zero-order valence-corrected chi connectivity index (χ0v) is 12.8. The van der Waals surface area contributed by atoms with Crippen molar-refractivity contribution in [2.45, 2.75) is 12.7 Å². The van der Waals surface area contributed by atoms with Crippen LogP contribution in [0.15, 0.2) is 11.3 Å². The van der Waals surface area contributed by atoms with Crippen LogP contribution in [0.4, 0.5) is 0 Å². The fourth-order valence-corrected chi connectivity index (χ4v) is 2.03. The van der Waals surface area contributed by atoms with Crippen LogP contribution in [0.5, 0.6) is 0 Å². The highest BCUT2D eigenvalue weighted by atomic mass is 79.9. The van der Waals surface area contributed by atoms with Gasteiger partial charge in [-0.05, 0) is 6.92 Å². The minimum Gasteiger partial charge on any atom is -0.475 e. The molecule has 102 valence electrons. The van der Waals surface area contributed by atoms with Gasteiger partial charge in [0, 0.05) is 24.2 Å². The van der Waals surface area contributed by atoms with Gasteiger partial charge in [-0.15, -0.1) is 17.0 Å². The smallest absolute Gasteiger partial charge is 0.371 e. The topological polar surface area (TPSA) is 90.4 Å². The minimum absolute atomic E-state index is 0. The molecule has 0 spiro atoms. The summed E-state index contributed by atoms with van der Waals surface area (Å²) >= 11 is 1.68. The maximum atomic E-state index is 10.6. The third-order valence-corrected chi connectivity index (χ3v) is 3.07. The maximum Gasteiger partial charge on any atom is 0.371 e. The Kier molecular flexibility index (Phi) is 8.47. The summed E-state index contributed by atoms with van der Waals surface area (Å²) in [5.41, 5.74) is 2.11. The second kappa shape index (κ2) is 8.98. The van der Waals surface area contributed by atoms with Crippen molar-refractivity contribution in [2.24, 2.45) is 4.99 Å². The highest BCUT2D eigenvalue weighted by Gasteiger charge is 2.05. The summed E-state index contributed by atoms with van der Waals surface area (Å²) in [6.07, 6.45) is 1.67. The lowest BCUT2D eigenvalue weighted by Gasteiger charge is -2.00. The number of aromatic nitrogens is 2. The average Bonchev–Trinajstić information content (AvgIpc) is 2.69. The average molecular weight is 337 g/mol. The van der Waals surface area contributed by atoms with Crippen molar-refractivity contribution in [3.05, 3.63) is 17.7 Å². The number of hydrogen-bond donors (Lipinski definition) is 3. The Morgan fingerprint density at radius 3 is 2.89 bits per heavy atom. The van der Waals surface area contributed by atoms with Crippen molar-refractivity contribution >= 4 is 40.5 Å². The molecule has 0 aliphatic heterocycles. The number of imidazole rings is 1. The summed E-state index contributed by atoms with van der Waals surface area (Å²) in [5, 5.41) is 11.2. The van der Waals surface area contributed by atoms with E-state index in [1.165, 1.54) is 0 Å². The van der Waals surface area contributed by atoms with E-state index in [1.807, 2.05) is 6.92 Å². The van der Waals surface area contributed by atoms with Crippen molar-refractivity contribution in [3.8, 4) is 0 Å². The Morgan fingerprint density at radius 2 is 2.39 bits per heavy atom. The van der Waals surface area contributed by atoms with E-state index in [9.17, 15) is 4.79 Å². The fraction of sp³-hybridized carbons (Fsp3) is 0.500. The highest BCUT2D eigenvalue weighted by molar-refractivity contribution is 8.93. The standard InChI is InChI=1S/C10H16N4O2S.BrH/c1-7-8(14-6-13-7)5-17-4-3-12-9(11-2)10(15)16;/h6H,3-5H2,1-2H3,(H,11,12)(H,13,14)(H,15,16);1H. The van der Waals surface area contributed by atoms with Gasteiger partial charge >= 0.3 is 5.97 Å². The number of halogens is 1. The van der Waals surface area contributed by atoms with Crippen molar-refractivity contribution in [1.82, 2.24) is 15.3 Å². The molecule has 0 radical (unpaired) electrons. The summed E-state index contributed by atoms with van der Waals surface area (Å²) in [6.45, 7) is 2.46. The van der Waals surface area contributed by atoms with E-state index in [-0.39, 0.29) is 22.8 Å². The zero-order chi connectivity index (χ0) is 12.7. The molecule has 0 aromatic carbocycles. The quantitative estimate of drug-likeness (QED) is 0.427. The number of thioether (sulfide) groups is 1. The van der Waals surface area contributed by atoms with E-state index in [4.69, 9.17) is 5.11 Å². The molecule has 0 saturated heterocycles. The van der Waals surface area contributed by atoms with Gasteiger partial charge in [0.2, 0.25) is 5.84 Å². The third-order valence-electron chi connectivity index (χ3n) is 2.12. The fourth-order valence-electron chi connectivity index (χ4n) is 1.18. The third kappa shape index (κ3) is 5.54. The molecule has 0 amide bonds. The van der Waals surface area contributed by atoms with Crippen molar-refractivity contribution in [3.63, 3.8) is 0 Å². The van der Waals surface area contributed by atoms with Gasteiger partial charge in [-0.25, -0.2) is 9.78 Å². The van der Waals surface area contributed by atoms with Crippen LogP contribution in [0.2, 0.25) is 0 Å². The van der Waals surface area contributed by atoms with Crippen molar-refractivity contribution < 1.29 is 9.90 Å². The number of aliphatic imine (C=N–C) groups is 1. The molecular formula is C10H17BrN4O2S. The minimum atomic E-state index is -1.03. The van der Waals surface area contributed by atoms with Gasteiger partial charge in [0.15, 0.2) is 0 Å². The number of nitrogens with zero attached hydrogens (tertiary/aromatic N) is 2. The molecule has 1 aromatic rings. The van der Waals surface area contributed by atoms with Gasteiger partial charge in [0.05, 0.1) is 18.6 Å². The van der Waals surface area contributed by atoms with Gasteiger partial charge in [-0.3, -0.25) is 4.99 Å². The van der Waals surface area contributed by atoms with Crippen LogP contribution in [0.3, 0.4) is 0 Å². The van der Waals surface area contributed by atoms with Crippen LogP contribution < -0.4 is 5.32 Å². The molecule has 0 unspecified atom stereocenters. The molecule has 0 fully saturated rings. The van der Waals surface area contributed by atoms with E-state index >= 15 is 0 Å². The molecule has 1 heterocycles. The number of amidine groups is 1. The van der Waals surface area contributed by atoms with E-state index in [2.05, 4.69) is 20.3 Å². The first-order valence-corrected chi connectivity index (χ1v) is 6.32. The van der Waals surface area contributed by atoms with Gasteiger partial charge in [0.25, 0.3) is 0 Å². The van der Waals surface area contributed by atoms with E-state index in [1.54, 1.807) is 25.1 Å². The molecule has 6 nitrogen and oxygen atoms in total. The Bertz CT molecular complexity index is 408. The number of likely N-dealkylation sites (N-methyl/N-ethyl adjacent to an activating group) is 1. The number of rotatable bonds is 5. The predicted molar refractivity (Wildman–Crippen MR) is 78.8 cm³/mol. The molecule has 8 heteroatoms. The number of H-pyrrole nitrogens is 1. The summed E-state index contributed by atoms with van der Waals surface area (Å²) in [6, 6.07) is 0. The Morgan fingerprint density at radius 1 is 1.67 bits per heavy atom. The number of nitrogens with one attached hydrogen (secondary N) is 2. The Hall–Kier alpha value is -1.02. The second-order valence-electron chi connectivity index (χ2n) is 3.31. The SMILES string of the molecule is Br.CN/C(=N\CCSCc1nc[nH]c1C)C(=O)O. The predicted octanol–water partition coefficient (Wildman–Crippen LogP) is 1.23. The lowest BCUT2D eigenvalue weighted by Crippen LogP contribution is -2.28. The molecule has 0 bridgehead atoms. The first-order chi connectivity index (χ1) is 8.15. The maximum absolute atomic E-state index is 10.6. The first kappa shape index (κ1) is 17.0. The summed E-state index contributed by atoms with van der Waals surface area (Å²) in [5.74, 6) is 0.555. The molecule has 0 aliphatic carbocycles. The number of hydrogen-bond acceptors (Lipinski definition) is 4. The second-order valence-corrected chi connectivity index (χ2v) is 4.42. The van der Waals surface area contributed by atoms with Crippen LogP contribution in [-0.2, 0) is 10.5 Å². The Labute approximate surface area is 120 Å².